The number of halogens is 3. The number of amides is 2. The van der Waals surface area contributed by atoms with E-state index in [-0.39, 0.29) is 41.6 Å². The normalized spacial score (nSPS) is 22.6. The van der Waals surface area contributed by atoms with Crippen molar-refractivity contribution in [2.45, 2.75) is 62.5 Å². The Balaban J connectivity index is 1.02. The van der Waals surface area contributed by atoms with Crippen molar-refractivity contribution in [3.63, 3.8) is 0 Å². The van der Waals surface area contributed by atoms with Crippen LogP contribution in [0.5, 0.6) is 17.2 Å². The Morgan fingerprint density at radius 3 is 2.69 bits per heavy atom. The highest BCUT2D eigenvalue weighted by Crippen LogP contribution is 2.54. The molecule has 45 heavy (non-hydrogen) atoms. The first-order valence-electron chi connectivity index (χ1n) is 15.2. The number of alkyl halides is 3. The van der Waals surface area contributed by atoms with Gasteiger partial charge in [-0.3, -0.25) is 14.5 Å². The Bertz CT molecular complexity index is 1650. The third-order valence-electron chi connectivity index (χ3n) is 9.31. The number of ether oxygens (including phenoxy) is 2. The summed E-state index contributed by atoms with van der Waals surface area (Å²) in [6, 6.07) is 11.1. The third kappa shape index (κ3) is 5.84. The molecule has 236 valence electrons. The molecule has 0 radical (unpaired) electrons. The number of hydrogen-bond donors (Lipinski definition) is 2. The van der Waals surface area contributed by atoms with Gasteiger partial charge in [0.25, 0.3) is 5.91 Å². The number of aromatic nitrogens is 1. The van der Waals surface area contributed by atoms with Crippen molar-refractivity contribution in [2.75, 3.05) is 32.5 Å². The lowest BCUT2D eigenvalue weighted by Gasteiger charge is -2.35. The van der Waals surface area contributed by atoms with Crippen molar-refractivity contribution in [3.8, 4) is 17.2 Å². The Labute approximate surface area is 258 Å². The van der Waals surface area contributed by atoms with Crippen LogP contribution < -0.4 is 20.1 Å². The van der Waals surface area contributed by atoms with Crippen molar-refractivity contribution >= 4 is 17.6 Å². The second-order valence-electron chi connectivity index (χ2n) is 12.4. The SMILES string of the molecule is CN(C)C1CCN(Cc2ccc(C(=O)N[C@H]3[C@H]4Oc5ccc(Oc6ccnc7c6CCC(=O)N7)cc5[C@@H]34)cc2C(F)(F)F)CC1. The predicted octanol–water partition coefficient (Wildman–Crippen LogP) is 4.96. The topological polar surface area (TPSA) is 96.0 Å². The van der Waals surface area contributed by atoms with E-state index in [0.717, 1.165) is 43.1 Å². The molecular formula is C33H34F3N5O4. The van der Waals surface area contributed by atoms with Gasteiger partial charge < -0.3 is 25.0 Å². The molecule has 1 aliphatic carbocycles. The average molecular weight is 622 g/mol. The summed E-state index contributed by atoms with van der Waals surface area (Å²) in [6.07, 6.45) is -0.628. The van der Waals surface area contributed by atoms with E-state index in [1.807, 2.05) is 31.1 Å². The molecule has 0 bridgehead atoms. The van der Waals surface area contributed by atoms with E-state index in [0.29, 0.717) is 41.9 Å². The van der Waals surface area contributed by atoms with Gasteiger partial charge in [0.2, 0.25) is 5.91 Å². The van der Waals surface area contributed by atoms with Crippen molar-refractivity contribution in [3.05, 3.63) is 76.5 Å². The molecule has 2 N–H and O–H groups in total. The zero-order chi connectivity index (χ0) is 31.5. The Kier molecular flexibility index (Phi) is 7.44. The number of anilines is 1. The first-order valence-corrected chi connectivity index (χ1v) is 15.2. The van der Waals surface area contributed by atoms with E-state index in [1.54, 1.807) is 18.3 Å². The Morgan fingerprint density at radius 1 is 1.13 bits per heavy atom. The van der Waals surface area contributed by atoms with Crippen LogP contribution in [-0.2, 0) is 23.9 Å². The lowest BCUT2D eigenvalue weighted by Crippen LogP contribution is -2.41. The highest BCUT2D eigenvalue weighted by atomic mass is 19.4. The number of pyridine rings is 1. The molecule has 0 unspecified atom stereocenters. The summed E-state index contributed by atoms with van der Waals surface area (Å²) in [5, 5.41) is 5.65. The Morgan fingerprint density at radius 2 is 1.93 bits per heavy atom. The highest BCUT2D eigenvalue weighted by Gasteiger charge is 2.59. The summed E-state index contributed by atoms with van der Waals surface area (Å²) >= 11 is 0. The van der Waals surface area contributed by atoms with Gasteiger partial charge in [-0.1, -0.05) is 6.07 Å². The fraction of sp³-hybridized carbons (Fsp3) is 0.424. The Hall–Kier alpha value is -4.16. The molecule has 9 nitrogen and oxygen atoms in total. The molecule has 2 aromatic carbocycles. The highest BCUT2D eigenvalue weighted by molar-refractivity contribution is 5.95. The summed E-state index contributed by atoms with van der Waals surface area (Å²) in [5.74, 6) is 1.55. The van der Waals surface area contributed by atoms with Crippen molar-refractivity contribution < 1.29 is 32.2 Å². The molecule has 1 saturated carbocycles. The van der Waals surface area contributed by atoms with Gasteiger partial charge in [0.1, 0.15) is 29.2 Å². The molecule has 0 spiro atoms. The van der Waals surface area contributed by atoms with Gasteiger partial charge in [-0.15, -0.1) is 0 Å². The summed E-state index contributed by atoms with van der Waals surface area (Å²) < 4.78 is 54.6. The monoisotopic (exact) mass is 621 g/mol. The molecule has 4 aliphatic rings. The van der Waals surface area contributed by atoms with E-state index in [2.05, 4.69) is 20.5 Å². The van der Waals surface area contributed by atoms with Gasteiger partial charge >= 0.3 is 6.18 Å². The smallest absolute Gasteiger partial charge is 0.416 e. The molecule has 2 amide bonds. The minimum absolute atomic E-state index is 0.0331. The van der Waals surface area contributed by atoms with Crippen LogP contribution in [0.3, 0.4) is 0 Å². The van der Waals surface area contributed by atoms with Crippen LogP contribution in [-0.4, -0.2) is 72.0 Å². The minimum Gasteiger partial charge on any atom is -0.487 e. The number of carbonyl (C=O) groups is 2. The number of hydrogen-bond acceptors (Lipinski definition) is 7. The molecule has 2 fully saturated rings. The number of benzene rings is 2. The minimum atomic E-state index is -4.58. The largest absolute Gasteiger partial charge is 0.487 e. The number of likely N-dealkylation sites (tertiary alicyclic amines) is 1. The molecule has 12 heteroatoms. The average Bonchev–Trinajstić information content (AvgIpc) is 3.52. The summed E-state index contributed by atoms with van der Waals surface area (Å²) in [4.78, 5) is 33.4. The molecule has 3 aliphatic heterocycles. The number of fused-ring (bicyclic) bond motifs is 4. The zero-order valence-electron chi connectivity index (χ0n) is 25.0. The number of piperidine rings is 1. The molecule has 7 rings (SSSR count). The molecule has 1 saturated heterocycles. The van der Waals surface area contributed by atoms with Crippen LogP contribution in [0.25, 0.3) is 0 Å². The van der Waals surface area contributed by atoms with Gasteiger partial charge in [0.15, 0.2) is 0 Å². The van der Waals surface area contributed by atoms with Crippen LogP contribution in [0.2, 0.25) is 0 Å². The van der Waals surface area contributed by atoms with Crippen LogP contribution in [0.1, 0.15) is 57.8 Å². The molecular weight excluding hydrogens is 587 g/mol. The fourth-order valence-corrected chi connectivity index (χ4v) is 6.75. The van der Waals surface area contributed by atoms with Crippen LogP contribution in [0.4, 0.5) is 19.0 Å². The number of nitrogens with zero attached hydrogens (tertiary/aromatic N) is 3. The maximum atomic E-state index is 14.1. The molecule has 3 atom stereocenters. The van der Waals surface area contributed by atoms with E-state index < -0.39 is 17.6 Å². The standard InChI is InChI=1S/C33H34F3N5O4/c1-40(2)20-10-13-41(14-11-20)17-19-4-3-18(15-24(19)33(34,35)36)32(43)39-29-28-23-16-21(5-7-25(23)45-30(28)29)44-26-9-12-37-31-22(26)6-8-27(42)38-31/h3-5,7,9,12,15-16,20,28-30H,6,8,10-11,13-14,17H2,1-2H3,(H,39,43)(H,37,38,42)/t28-,29+,30-/m0/s1. The van der Waals surface area contributed by atoms with Crippen LogP contribution >= 0.6 is 0 Å². The lowest BCUT2D eigenvalue weighted by molar-refractivity contribution is -0.138. The van der Waals surface area contributed by atoms with Gasteiger partial charge in [-0.05, 0) is 88.4 Å². The van der Waals surface area contributed by atoms with Crippen LogP contribution in [0.15, 0.2) is 48.7 Å². The maximum Gasteiger partial charge on any atom is 0.416 e. The summed E-state index contributed by atoms with van der Waals surface area (Å²) in [6.45, 7) is 1.64. The van der Waals surface area contributed by atoms with E-state index in [1.165, 1.54) is 12.1 Å². The fourth-order valence-electron chi connectivity index (χ4n) is 6.75. The van der Waals surface area contributed by atoms with Crippen molar-refractivity contribution in [1.82, 2.24) is 20.1 Å². The first-order chi connectivity index (χ1) is 21.5. The molecule has 4 heterocycles. The molecule has 1 aromatic heterocycles. The summed E-state index contributed by atoms with van der Waals surface area (Å²) in [7, 11) is 4.05. The van der Waals surface area contributed by atoms with Crippen LogP contribution in [0, 0.1) is 0 Å². The van der Waals surface area contributed by atoms with E-state index >= 15 is 0 Å². The van der Waals surface area contributed by atoms with E-state index in [9.17, 15) is 22.8 Å². The zero-order valence-corrected chi connectivity index (χ0v) is 25.0. The predicted molar refractivity (Wildman–Crippen MR) is 160 cm³/mol. The lowest BCUT2D eigenvalue weighted by atomic mass is 9.99. The number of carbonyl (C=O) groups excluding carboxylic acids is 2. The van der Waals surface area contributed by atoms with Gasteiger partial charge in [0.05, 0.1) is 17.5 Å². The van der Waals surface area contributed by atoms with Gasteiger partial charge in [0, 0.05) is 41.9 Å². The van der Waals surface area contributed by atoms with E-state index in [4.69, 9.17) is 9.47 Å². The summed E-state index contributed by atoms with van der Waals surface area (Å²) in [5.41, 5.74) is 1.05. The van der Waals surface area contributed by atoms with Crippen molar-refractivity contribution in [1.29, 1.82) is 0 Å². The van der Waals surface area contributed by atoms with Gasteiger partial charge in [-0.25, -0.2) is 4.98 Å². The van der Waals surface area contributed by atoms with Crippen molar-refractivity contribution in [2.24, 2.45) is 0 Å². The first kappa shape index (κ1) is 29.5. The molecule has 3 aromatic rings. The quantitative estimate of drug-likeness (QED) is 0.385. The second kappa shape index (κ2) is 11.3. The number of nitrogens with one attached hydrogen (secondary N) is 2. The second-order valence-corrected chi connectivity index (χ2v) is 12.4. The van der Waals surface area contributed by atoms with Gasteiger partial charge in [-0.2, -0.15) is 13.2 Å². The maximum absolute atomic E-state index is 14.1. The third-order valence-corrected chi connectivity index (χ3v) is 9.31. The number of rotatable bonds is 7.